The Morgan fingerprint density at radius 3 is 2.71 bits per heavy atom. The molecule has 0 amide bonds. The molecule has 9 heteroatoms. The maximum atomic E-state index is 13.0. The highest BCUT2D eigenvalue weighted by Gasteiger charge is 2.20. The van der Waals surface area contributed by atoms with E-state index in [0.717, 1.165) is 24.2 Å². The van der Waals surface area contributed by atoms with Crippen LogP contribution in [-0.4, -0.2) is 33.0 Å². The normalized spacial score (nSPS) is 11.3. The van der Waals surface area contributed by atoms with Crippen LogP contribution in [0.2, 0.25) is 0 Å². The quantitative estimate of drug-likeness (QED) is 0.202. The second kappa shape index (κ2) is 10.6. The van der Waals surface area contributed by atoms with Crippen molar-refractivity contribution in [2.24, 2.45) is 0 Å². The van der Waals surface area contributed by atoms with Crippen LogP contribution in [-0.2, 0) is 0 Å². The van der Waals surface area contributed by atoms with Crippen LogP contribution in [0.15, 0.2) is 57.8 Å². The minimum Gasteiger partial charge on any atom is -0.494 e. The lowest BCUT2D eigenvalue weighted by Crippen LogP contribution is -2.12. The van der Waals surface area contributed by atoms with Crippen LogP contribution in [0, 0.1) is 0 Å². The number of para-hydroxylation sites is 1. The third-order valence-electron chi connectivity index (χ3n) is 5.34. The zero-order chi connectivity index (χ0) is 23.9. The second-order valence-electron chi connectivity index (χ2n) is 7.77. The number of aromatic nitrogens is 4. The van der Waals surface area contributed by atoms with Gasteiger partial charge < -0.3 is 14.9 Å². The van der Waals surface area contributed by atoms with Gasteiger partial charge in [0, 0.05) is 0 Å². The summed E-state index contributed by atoms with van der Waals surface area (Å²) in [5, 5.41) is 13.6. The lowest BCUT2D eigenvalue weighted by Gasteiger charge is -2.07. The molecule has 0 radical (unpaired) electrons. The Morgan fingerprint density at radius 2 is 1.97 bits per heavy atom. The number of carbonyl (C=O) groups excluding carboxylic acids is 1. The first kappa shape index (κ1) is 22.9. The van der Waals surface area contributed by atoms with E-state index in [1.165, 1.54) is 18.9 Å². The molecule has 3 N–H and O–H groups in total. The third-order valence-corrected chi connectivity index (χ3v) is 5.34. The summed E-state index contributed by atoms with van der Waals surface area (Å²) in [6.45, 7) is 2.87. The topological polar surface area (TPSA) is 137 Å². The molecule has 0 saturated carbocycles. The van der Waals surface area contributed by atoms with E-state index in [1.54, 1.807) is 24.3 Å². The first-order chi connectivity index (χ1) is 16.6. The number of ketones is 1. The van der Waals surface area contributed by atoms with Crippen molar-refractivity contribution in [3.8, 4) is 17.3 Å². The van der Waals surface area contributed by atoms with Crippen LogP contribution in [0.1, 0.15) is 48.5 Å². The fourth-order valence-corrected chi connectivity index (χ4v) is 3.50. The number of anilines is 1. The van der Waals surface area contributed by atoms with Crippen LogP contribution in [0.4, 0.5) is 5.69 Å². The van der Waals surface area contributed by atoms with Gasteiger partial charge in [0.1, 0.15) is 17.0 Å². The Balaban J connectivity index is 1.53. The Kier molecular flexibility index (Phi) is 7.12. The molecule has 0 fully saturated rings. The molecule has 0 saturated heterocycles. The summed E-state index contributed by atoms with van der Waals surface area (Å²) in [4.78, 5) is 25.7. The van der Waals surface area contributed by atoms with Gasteiger partial charge in [0.15, 0.2) is 5.78 Å². The van der Waals surface area contributed by atoms with Crippen LogP contribution < -0.4 is 15.9 Å². The summed E-state index contributed by atoms with van der Waals surface area (Å²) in [5.41, 5.74) is 6.49. The lowest BCUT2D eigenvalue weighted by molar-refractivity contribution is 0.104. The molecule has 0 aliphatic rings. The summed E-state index contributed by atoms with van der Waals surface area (Å²) in [6.07, 6.45) is 7.73. The highest BCUT2D eigenvalue weighted by molar-refractivity contribution is 6.13. The van der Waals surface area contributed by atoms with E-state index in [9.17, 15) is 9.59 Å². The van der Waals surface area contributed by atoms with E-state index in [-0.39, 0.29) is 39.6 Å². The van der Waals surface area contributed by atoms with Gasteiger partial charge in [-0.05, 0) is 47.5 Å². The maximum absolute atomic E-state index is 13.0. The zero-order valence-corrected chi connectivity index (χ0v) is 18.8. The molecular weight excluding hydrogens is 434 g/mol. The Morgan fingerprint density at radius 1 is 1.15 bits per heavy atom. The average molecular weight is 460 g/mol. The number of unbranched alkanes of at least 4 members (excludes halogenated alkanes) is 3. The molecule has 174 valence electrons. The fraction of sp³-hybridized carbons (Fsp3) is 0.240. The van der Waals surface area contributed by atoms with Gasteiger partial charge in [-0.1, -0.05) is 50.5 Å². The number of benzene rings is 2. The molecule has 4 aromatic rings. The molecule has 0 aliphatic carbocycles. The predicted octanol–water partition coefficient (Wildman–Crippen LogP) is 4.41. The number of nitrogens with one attached hydrogen (secondary N) is 1. The minimum atomic E-state index is -0.468. The van der Waals surface area contributed by atoms with Crippen LogP contribution in [0.5, 0.6) is 5.75 Å². The Bertz CT molecular complexity index is 1360. The summed E-state index contributed by atoms with van der Waals surface area (Å²) < 4.78 is 11.6. The number of ether oxygens (including phenoxy) is 1. The number of nitrogens with zero attached hydrogens (tertiary/aromatic N) is 3. The SMILES string of the molecule is CCCCCCOc1ccc(C=CC(=O)c2cccc3c(=O)c(N)c(-c4nn[nH]n4)oc23)cc1. The van der Waals surface area contributed by atoms with Crippen LogP contribution in [0.25, 0.3) is 28.6 Å². The lowest BCUT2D eigenvalue weighted by atomic mass is 10.0. The molecule has 4 rings (SSSR count). The van der Waals surface area contributed by atoms with Crippen molar-refractivity contribution in [2.45, 2.75) is 32.6 Å². The van der Waals surface area contributed by atoms with E-state index in [4.69, 9.17) is 14.9 Å². The Hall–Kier alpha value is -4.27. The monoisotopic (exact) mass is 459 g/mol. The summed E-state index contributed by atoms with van der Waals surface area (Å²) in [5.74, 6) is 0.457. The highest BCUT2D eigenvalue weighted by atomic mass is 16.5. The van der Waals surface area contributed by atoms with Crippen molar-refractivity contribution in [1.29, 1.82) is 0 Å². The third kappa shape index (κ3) is 5.03. The largest absolute Gasteiger partial charge is 0.494 e. The summed E-state index contributed by atoms with van der Waals surface area (Å²) >= 11 is 0. The molecular formula is C25H25N5O4. The van der Waals surface area contributed by atoms with Crippen LogP contribution in [0.3, 0.4) is 0 Å². The molecule has 9 nitrogen and oxygen atoms in total. The minimum absolute atomic E-state index is 0.0296. The average Bonchev–Trinajstić information content (AvgIpc) is 3.40. The number of aromatic amines is 1. The molecule has 0 atom stereocenters. The van der Waals surface area contributed by atoms with Gasteiger partial charge in [0.05, 0.1) is 17.6 Å². The molecule has 0 aliphatic heterocycles. The summed E-state index contributed by atoms with van der Waals surface area (Å²) in [6, 6.07) is 12.3. The van der Waals surface area contributed by atoms with Crippen molar-refractivity contribution in [3.05, 3.63) is 69.9 Å². The van der Waals surface area contributed by atoms with Gasteiger partial charge in [-0.3, -0.25) is 9.59 Å². The van der Waals surface area contributed by atoms with Crippen molar-refractivity contribution in [2.75, 3.05) is 12.3 Å². The van der Waals surface area contributed by atoms with E-state index in [1.807, 2.05) is 24.3 Å². The van der Waals surface area contributed by atoms with Crippen LogP contribution >= 0.6 is 0 Å². The molecule has 2 heterocycles. The molecule has 0 spiro atoms. The van der Waals surface area contributed by atoms with E-state index < -0.39 is 5.43 Å². The van der Waals surface area contributed by atoms with E-state index >= 15 is 0 Å². The fourth-order valence-electron chi connectivity index (χ4n) is 3.50. The number of tetrazole rings is 1. The number of hydrogen-bond donors (Lipinski definition) is 2. The number of carbonyl (C=O) groups is 1. The number of hydrogen-bond acceptors (Lipinski definition) is 8. The molecule has 0 bridgehead atoms. The van der Waals surface area contributed by atoms with Crippen molar-refractivity contribution in [3.63, 3.8) is 0 Å². The number of allylic oxidation sites excluding steroid dienone is 1. The molecule has 2 aromatic heterocycles. The van der Waals surface area contributed by atoms with Crippen molar-refractivity contribution >= 4 is 28.5 Å². The number of fused-ring (bicyclic) bond motifs is 1. The molecule has 0 unspecified atom stereocenters. The number of nitrogens with two attached hydrogens (primary N) is 1. The molecule has 2 aromatic carbocycles. The Labute approximate surface area is 195 Å². The highest BCUT2D eigenvalue weighted by Crippen LogP contribution is 2.27. The maximum Gasteiger partial charge on any atom is 0.242 e. The zero-order valence-electron chi connectivity index (χ0n) is 18.8. The second-order valence-corrected chi connectivity index (χ2v) is 7.77. The van der Waals surface area contributed by atoms with Gasteiger partial charge in [-0.25, -0.2) is 0 Å². The van der Waals surface area contributed by atoms with Gasteiger partial charge in [0.25, 0.3) is 0 Å². The number of nitrogen functional groups attached to an aromatic ring is 1. The standard InChI is InChI=1S/C25H25N5O4/c1-2-3-4-5-15-33-17-12-9-16(10-13-17)11-14-20(31)18-7-6-8-19-22(32)21(26)24(34-23(18)19)25-27-29-30-28-25/h6-14H,2-5,15,26H2,1H3,(H,27,28,29,30). The van der Waals surface area contributed by atoms with Gasteiger partial charge >= 0.3 is 0 Å². The predicted molar refractivity (Wildman–Crippen MR) is 130 cm³/mol. The smallest absolute Gasteiger partial charge is 0.242 e. The summed E-state index contributed by atoms with van der Waals surface area (Å²) in [7, 11) is 0. The van der Waals surface area contributed by atoms with Gasteiger partial charge in [0.2, 0.25) is 17.0 Å². The van der Waals surface area contributed by atoms with Crippen molar-refractivity contribution < 1.29 is 13.9 Å². The van der Waals surface area contributed by atoms with Gasteiger partial charge in [-0.2, -0.15) is 5.21 Å². The first-order valence-electron chi connectivity index (χ1n) is 11.1. The van der Waals surface area contributed by atoms with E-state index in [0.29, 0.717) is 6.61 Å². The van der Waals surface area contributed by atoms with Gasteiger partial charge in [-0.15, -0.1) is 10.2 Å². The van der Waals surface area contributed by atoms with Crippen molar-refractivity contribution in [1.82, 2.24) is 20.6 Å². The first-order valence-corrected chi connectivity index (χ1v) is 11.1. The van der Waals surface area contributed by atoms with E-state index in [2.05, 4.69) is 27.5 Å². The number of H-pyrrole nitrogens is 1. The molecule has 34 heavy (non-hydrogen) atoms. The number of rotatable bonds is 10.